The van der Waals surface area contributed by atoms with Gasteiger partial charge in [-0.25, -0.2) is 0 Å². The molecule has 0 unspecified atom stereocenters. The molecule has 1 N–H and O–H groups in total. The number of aryl methyl sites for hydroxylation is 1. The Bertz CT molecular complexity index is 868. The molecule has 7 heteroatoms. The highest BCUT2D eigenvalue weighted by Gasteiger charge is 2.10. The predicted octanol–water partition coefficient (Wildman–Crippen LogP) is 3.04. The molecule has 0 bridgehead atoms. The second-order valence-corrected chi connectivity index (χ2v) is 6.04. The summed E-state index contributed by atoms with van der Waals surface area (Å²) >= 11 is 5.94. The summed E-state index contributed by atoms with van der Waals surface area (Å²) in [6.45, 7) is 4.67. The number of nitrogens with zero attached hydrogens (tertiary/aromatic N) is 4. The molecule has 0 saturated carbocycles. The van der Waals surface area contributed by atoms with Gasteiger partial charge in [0, 0.05) is 6.20 Å². The lowest BCUT2D eigenvalue weighted by molar-refractivity contribution is -0.116. The van der Waals surface area contributed by atoms with Crippen molar-refractivity contribution in [3.05, 3.63) is 64.7 Å². The van der Waals surface area contributed by atoms with Crippen molar-refractivity contribution in [3.63, 3.8) is 0 Å². The Balaban J connectivity index is 1.62. The number of anilines is 1. The number of amides is 1. The molecule has 6 nitrogen and oxygen atoms in total. The maximum Gasteiger partial charge on any atom is 0.246 e. The van der Waals surface area contributed by atoms with Crippen LogP contribution in [0.25, 0.3) is 0 Å². The van der Waals surface area contributed by atoms with Crippen molar-refractivity contribution in [2.24, 2.45) is 0 Å². The highest BCUT2D eigenvalue weighted by Crippen LogP contribution is 2.14. The van der Waals surface area contributed by atoms with Crippen LogP contribution in [0.2, 0.25) is 5.02 Å². The third-order valence-electron chi connectivity index (χ3n) is 3.85. The molecule has 0 saturated heterocycles. The quantitative estimate of drug-likeness (QED) is 0.774. The van der Waals surface area contributed by atoms with E-state index in [2.05, 4.69) is 34.6 Å². The van der Waals surface area contributed by atoms with Crippen molar-refractivity contribution < 1.29 is 4.79 Å². The largest absolute Gasteiger partial charge is 0.322 e. The Morgan fingerprint density at radius 1 is 1.21 bits per heavy atom. The van der Waals surface area contributed by atoms with Crippen molar-refractivity contribution in [3.8, 4) is 0 Å². The molecule has 3 aromatic rings. The summed E-state index contributed by atoms with van der Waals surface area (Å²) in [6, 6.07) is 8.15. The second-order valence-electron chi connectivity index (χ2n) is 5.64. The standard InChI is InChI=1S/C17H18ClN5O/c1-12-5-3-4-6-14(12)9-22-10-15(7-19-22)21-17(24)11-23-13(2)16(18)8-20-23/h3-8,10H,9,11H2,1-2H3,(H,21,24). The minimum Gasteiger partial charge on any atom is -0.322 e. The number of nitrogens with one attached hydrogen (secondary N) is 1. The number of halogens is 1. The van der Waals surface area contributed by atoms with E-state index in [9.17, 15) is 4.79 Å². The Kier molecular flexibility index (Phi) is 4.66. The lowest BCUT2D eigenvalue weighted by Crippen LogP contribution is -2.20. The monoisotopic (exact) mass is 343 g/mol. The van der Waals surface area contributed by atoms with Crippen LogP contribution in [0.15, 0.2) is 42.9 Å². The van der Waals surface area contributed by atoms with Gasteiger partial charge in [-0.2, -0.15) is 10.2 Å². The lowest BCUT2D eigenvalue weighted by atomic mass is 10.1. The van der Waals surface area contributed by atoms with E-state index in [1.54, 1.807) is 15.6 Å². The zero-order valence-electron chi connectivity index (χ0n) is 13.5. The molecule has 0 aliphatic rings. The van der Waals surface area contributed by atoms with E-state index < -0.39 is 0 Å². The zero-order chi connectivity index (χ0) is 17.1. The third-order valence-corrected chi connectivity index (χ3v) is 4.22. The molecule has 0 atom stereocenters. The van der Waals surface area contributed by atoms with Crippen LogP contribution in [-0.4, -0.2) is 25.5 Å². The maximum absolute atomic E-state index is 12.1. The van der Waals surface area contributed by atoms with Gasteiger partial charge in [0.1, 0.15) is 6.54 Å². The van der Waals surface area contributed by atoms with Gasteiger partial charge in [-0.15, -0.1) is 0 Å². The second kappa shape index (κ2) is 6.88. The summed E-state index contributed by atoms with van der Waals surface area (Å²) < 4.78 is 3.36. The van der Waals surface area contributed by atoms with Crippen molar-refractivity contribution in [2.45, 2.75) is 26.9 Å². The number of benzene rings is 1. The van der Waals surface area contributed by atoms with E-state index in [4.69, 9.17) is 11.6 Å². The van der Waals surface area contributed by atoms with Crippen LogP contribution in [-0.2, 0) is 17.9 Å². The molecular weight excluding hydrogens is 326 g/mol. The van der Waals surface area contributed by atoms with Crippen LogP contribution >= 0.6 is 11.6 Å². The SMILES string of the molecule is Cc1ccccc1Cn1cc(NC(=O)Cn2ncc(Cl)c2C)cn1. The molecule has 0 fully saturated rings. The Hall–Kier alpha value is -2.60. The summed E-state index contributed by atoms with van der Waals surface area (Å²) in [6.07, 6.45) is 4.98. The molecule has 0 aliphatic heterocycles. The van der Waals surface area contributed by atoms with Crippen molar-refractivity contribution in [1.29, 1.82) is 0 Å². The fourth-order valence-corrected chi connectivity index (χ4v) is 2.54. The van der Waals surface area contributed by atoms with Gasteiger partial charge in [0.05, 0.1) is 35.3 Å². The molecule has 0 aliphatic carbocycles. The lowest BCUT2D eigenvalue weighted by Gasteiger charge is -2.06. The first-order valence-corrected chi connectivity index (χ1v) is 7.95. The van der Waals surface area contributed by atoms with E-state index in [1.165, 1.54) is 17.3 Å². The average Bonchev–Trinajstić information content (AvgIpc) is 3.11. The summed E-state index contributed by atoms with van der Waals surface area (Å²) in [7, 11) is 0. The number of carbonyl (C=O) groups is 1. The molecule has 3 rings (SSSR count). The fourth-order valence-electron chi connectivity index (χ4n) is 2.40. The molecule has 124 valence electrons. The van der Waals surface area contributed by atoms with E-state index in [-0.39, 0.29) is 12.5 Å². The average molecular weight is 344 g/mol. The summed E-state index contributed by atoms with van der Waals surface area (Å²) in [4.78, 5) is 12.1. The van der Waals surface area contributed by atoms with Gasteiger partial charge < -0.3 is 5.32 Å². The number of rotatable bonds is 5. The number of hydrogen-bond donors (Lipinski definition) is 1. The van der Waals surface area contributed by atoms with Gasteiger partial charge in [0.25, 0.3) is 0 Å². The van der Waals surface area contributed by atoms with Crippen LogP contribution in [0.5, 0.6) is 0 Å². The Labute approximate surface area is 145 Å². The molecule has 0 spiro atoms. The fraction of sp³-hybridized carbons (Fsp3) is 0.235. The number of carbonyl (C=O) groups excluding carboxylic acids is 1. The highest BCUT2D eigenvalue weighted by molar-refractivity contribution is 6.31. The van der Waals surface area contributed by atoms with Crippen LogP contribution in [0.4, 0.5) is 5.69 Å². The normalized spacial score (nSPS) is 10.8. The molecule has 2 heterocycles. The zero-order valence-corrected chi connectivity index (χ0v) is 14.3. The smallest absolute Gasteiger partial charge is 0.246 e. The molecule has 1 aromatic carbocycles. The van der Waals surface area contributed by atoms with Crippen LogP contribution in [0.1, 0.15) is 16.8 Å². The predicted molar refractivity (Wildman–Crippen MR) is 93.1 cm³/mol. The molecule has 2 aromatic heterocycles. The van der Waals surface area contributed by atoms with Crippen molar-refractivity contribution in [1.82, 2.24) is 19.6 Å². The van der Waals surface area contributed by atoms with Crippen LogP contribution < -0.4 is 5.32 Å². The highest BCUT2D eigenvalue weighted by atomic mass is 35.5. The van der Waals surface area contributed by atoms with Crippen LogP contribution in [0, 0.1) is 13.8 Å². The van der Waals surface area contributed by atoms with E-state index >= 15 is 0 Å². The first kappa shape index (κ1) is 16.3. The van der Waals surface area contributed by atoms with Crippen molar-refractivity contribution >= 4 is 23.2 Å². The minimum atomic E-state index is -0.173. The number of hydrogen-bond acceptors (Lipinski definition) is 3. The summed E-state index contributed by atoms with van der Waals surface area (Å²) in [5.74, 6) is -0.173. The van der Waals surface area contributed by atoms with Crippen LogP contribution in [0.3, 0.4) is 0 Å². The Morgan fingerprint density at radius 2 is 2.00 bits per heavy atom. The number of aromatic nitrogens is 4. The Morgan fingerprint density at radius 3 is 2.71 bits per heavy atom. The van der Waals surface area contributed by atoms with E-state index in [0.29, 0.717) is 17.3 Å². The van der Waals surface area contributed by atoms with Gasteiger partial charge in [0.15, 0.2) is 0 Å². The topological polar surface area (TPSA) is 64.7 Å². The molecular formula is C17H18ClN5O. The van der Waals surface area contributed by atoms with Gasteiger partial charge in [-0.3, -0.25) is 14.2 Å². The molecule has 1 amide bonds. The van der Waals surface area contributed by atoms with Crippen molar-refractivity contribution in [2.75, 3.05) is 5.32 Å². The van der Waals surface area contributed by atoms with Gasteiger partial charge in [-0.05, 0) is 25.0 Å². The maximum atomic E-state index is 12.1. The van der Waals surface area contributed by atoms with E-state index in [1.807, 2.05) is 25.3 Å². The first-order chi connectivity index (χ1) is 11.5. The van der Waals surface area contributed by atoms with Gasteiger partial charge in [0.2, 0.25) is 5.91 Å². The van der Waals surface area contributed by atoms with E-state index in [0.717, 1.165) is 5.69 Å². The first-order valence-electron chi connectivity index (χ1n) is 7.57. The summed E-state index contributed by atoms with van der Waals surface area (Å²) in [5, 5.41) is 11.7. The molecule has 0 radical (unpaired) electrons. The minimum absolute atomic E-state index is 0.113. The molecule has 24 heavy (non-hydrogen) atoms. The van der Waals surface area contributed by atoms with Gasteiger partial charge >= 0.3 is 0 Å². The van der Waals surface area contributed by atoms with Gasteiger partial charge in [-0.1, -0.05) is 35.9 Å². The third kappa shape index (κ3) is 3.65. The summed E-state index contributed by atoms with van der Waals surface area (Å²) in [5.41, 5.74) is 3.83.